The molecule has 0 saturated heterocycles. The normalized spacial score (nSPS) is 11.4. The Morgan fingerprint density at radius 2 is 1.90 bits per heavy atom. The second-order valence-corrected chi connectivity index (χ2v) is 4.55. The molecule has 0 bridgehead atoms. The van der Waals surface area contributed by atoms with Gasteiger partial charge in [0.1, 0.15) is 0 Å². The molecular weight excluding hydrogens is 264 g/mol. The van der Waals surface area contributed by atoms with Gasteiger partial charge in [-0.1, -0.05) is 0 Å². The molecule has 0 aliphatic heterocycles. The molecular formula is C12H12N4O4. The molecule has 0 aromatic carbocycles. The number of rotatable bonds is 1. The molecule has 104 valence electrons. The number of fused-ring (bicyclic) bond motifs is 1. The monoisotopic (exact) mass is 276 g/mol. The van der Waals surface area contributed by atoms with Gasteiger partial charge < -0.3 is 8.83 Å². The van der Waals surface area contributed by atoms with Gasteiger partial charge in [0.15, 0.2) is 5.76 Å². The first-order valence-corrected chi connectivity index (χ1v) is 5.94. The van der Waals surface area contributed by atoms with Gasteiger partial charge in [-0.15, -0.1) is 14.9 Å². The molecule has 3 aromatic rings. The highest BCUT2D eigenvalue weighted by atomic mass is 16.4. The summed E-state index contributed by atoms with van der Waals surface area (Å²) < 4.78 is 12.9. The molecule has 8 heteroatoms. The van der Waals surface area contributed by atoms with Crippen LogP contribution in [0.15, 0.2) is 13.6 Å². The van der Waals surface area contributed by atoms with E-state index in [9.17, 15) is 9.59 Å². The SMILES string of the molecule is CC(=O)n1nc(-c2oc3nn(C)c(C)c3c2C)oc1=O. The van der Waals surface area contributed by atoms with Crippen molar-refractivity contribution < 1.29 is 13.6 Å². The minimum atomic E-state index is -0.835. The number of hydrogen-bond donors (Lipinski definition) is 0. The highest BCUT2D eigenvalue weighted by Crippen LogP contribution is 2.32. The zero-order chi connectivity index (χ0) is 14.6. The lowest BCUT2D eigenvalue weighted by Crippen LogP contribution is -2.21. The maximum atomic E-state index is 11.5. The standard InChI is InChI=1S/C12H12N4O4/c1-5-8-6(2)15(4)13-10(8)19-9(5)11-14-16(7(3)17)12(18)20-11/h1-4H3. The van der Waals surface area contributed by atoms with Crippen molar-refractivity contribution in [2.24, 2.45) is 7.05 Å². The molecule has 0 amide bonds. The topological polar surface area (TPSA) is 96.1 Å². The van der Waals surface area contributed by atoms with Crippen molar-refractivity contribution in [1.82, 2.24) is 19.6 Å². The molecule has 0 N–H and O–H groups in total. The van der Waals surface area contributed by atoms with E-state index in [-0.39, 0.29) is 5.89 Å². The van der Waals surface area contributed by atoms with Crippen LogP contribution < -0.4 is 5.76 Å². The van der Waals surface area contributed by atoms with Gasteiger partial charge in [-0.3, -0.25) is 9.48 Å². The van der Waals surface area contributed by atoms with Gasteiger partial charge in [0.2, 0.25) is 11.6 Å². The van der Waals surface area contributed by atoms with E-state index in [1.807, 2.05) is 20.9 Å². The van der Waals surface area contributed by atoms with Gasteiger partial charge in [0, 0.05) is 25.2 Å². The van der Waals surface area contributed by atoms with Crippen LogP contribution in [0.4, 0.5) is 0 Å². The summed E-state index contributed by atoms with van der Waals surface area (Å²) in [6.45, 7) is 4.96. The molecule has 0 fully saturated rings. The van der Waals surface area contributed by atoms with Crippen LogP contribution >= 0.6 is 0 Å². The molecule has 3 heterocycles. The van der Waals surface area contributed by atoms with Crippen molar-refractivity contribution >= 4 is 17.0 Å². The number of aromatic nitrogens is 4. The second kappa shape index (κ2) is 3.92. The van der Waals surface area contributed by atoms with Crippen LogP contribution in [-0.2, 0) is 7.05 Å². The van der Waals surface area contributed by atoms with Gasteiger partial charge in [-0.2, -0.15) is 0 Å². The lowest BCUT2D eigenvalue weighted by Gasteiger charge is -1.94. The largest absolute Gasteiger partial charge is 0.444 e. The number of hydrogen-bond acceptors (Lipinski definition) is 6. The van der Waals surface area contributed by atoms with Crippen molar-refractivity contribution in [3.8, 4) is 11.7 Å². The Bertz CT molecular complexity index is 893. The number of carbonyl (C=O) groups excluding carboxylic acids is 1. The van der Waals surface area contributed by atoms with Gasteiger partial charge in [-0.05, 0) is 13.8 Å². The summed E-state index contributed by atoms with van der Waals surface area (Å²) in [5.74, 6) is -1.07. The van der Waals surface area contributed by atoms with Crippen molar-refractivity contribution in [3.63, 3.8) is 0 Å². The maximum Gasteiger partial charge on any atom is 0.444 e. The van der Waals surface area contributed by atoms with Crippen LogP contribution in [0, 0.1) is 13.8 Å². The molecule has 0 aliphatic rings. The first-order chi connectivity index (χ1) is 9.40. The summed E-state index contributed by atoms with van der Waals surface area (Å²) in [6.07, 6.45) is 0. The Hall–Kier alpha value is -2.64. The third kappa shape index (κ3) is 1.54. The summed E-state index contributed by atoms with van der Waals surface area (Å²) >= 11 is 0. The Kier molecular flexibility index (Phi) is 2.43. The van der Waals surface area contributed by atoms with Crippen molar-refractivity contribution in [3.05, 3.63) is 21.8 Å². The van der Waals surface area contributed by atoms with E-state index in [4.69, 9.17) is 8.83 Å². The fourth-order valence-electron chi connectivity index (χ4n) is 2.14. The minimum Gasteiger partial charge on any atom is -0.431 e. The summed E-state index contributed by atoms with van der Waals surface area (Å²) in [6, 6.07) is 0. The van der Waals surface area contributed by atoms with Crippen LogP contribution in [0.2, 0.25) is 0 Å². The van der Waals surface area contributed by atoms with Crippen molar-refractivity contribution in [2.45, 2.75) is 20.8 Å². The Morgan fingerprint density at radius 1 is 1.20 bits per heavy atom. The van der Waals surface area contributed by atoms with E-state index >= 15 is 0 Å². The Balaban J connectivity index is 2.25. The van der Waals surface area contributed by atoms with Gasteiger partial charge >= 0.3 is 5.76 Å². The summed E-state index contributed by atoms with van der Waals surface area (Å²) in [4.78, 5) is 22.7. The van der Waals surface area contributed by atoms with E-state index < -0.39 is 11.7 Å². The molecule has 0 spiro atoms. The van der Waals surface area contributed by atoms with Crippen LogP contribution in [0.25, 0.3) is 22.8 Å². The summed E-state index contributed by atoms with van der Waals surface area (Å²) in [5, 5.41) is 8.89. The number of aryl methyl sites for hydroxylation is 3. The van der Waals surface area contributed by atoms with Crippen LogP contribution in [0.1, 0.15) is 23.0 Å². The second-order valence-electron chi connectivity index (χ2n) is 4.55. The zero-order valence-corrected chi connectivity index (χ0v) is 11.4. The molecule has 3 rings (SSSR count). The molecule has 3 aromatic heterocycles. The smallest absolute Gasteiger partial charge is 0.431 e. The zero-order valence-electron chi connectivity index (χ0n) is 11.4. The third-order valence-electron chi connectivity index (χ3n) is 3.26. The molecule has 0 saturated carbocycles. The minimum absolute atomic E-state index is 0.0252. The van der Waals surface area contributed by atoms with Crippen molar-refractivity contribution in [1.29, 1.82) is 0 Å². The molecule has 0 atom stereocenters. The predicted octanol–water partition coefficient (Wildman–Crippen LogP) is 1.26. The maximum absolute atomic E-state index is 11.5. The third-order valence-corrected chi connectivity index (χ3v) is 3.26. The number of nitrogens with zero attached hydrogens (tertiary/aromatic N) is 4. The van der Waals surface area contributed by atoms with Gasteiger partial charge in [0.05, 0.1) is 5.39 Å². The van der Waals surface area contributed by atoms with Gasteiger partial charge in [0.25, 0.3) is 5.89 Å². The van der Waals surface area contributed by atoms with Crippen LogP contribution in [0.5, 0.6) is 0 Å². The lowest BCUT2D eigenvalue weighted by molar-refractivity contribution is 0.0913. The quantitative estimate of drug-likeness (QED) is 0.663. The molecule has 0 radical (unpaired) electrons. The van der Waals surface area contributed by atoms with Crippen LogP contribution in [0.3, 0.4) is 0 Å². The summed E-state index contributed by atoms with van der Waals surface area (Å²) in [7, 11) is 1.81. The van der Waals surface area contributed by atoms with Crippen molar-refractivity contribution in [2.75, 3.05) is 0 Å². The van der Waals surface area contributed by atoms with Crippen LogP contribution in [-0.4, -0.2) is 25.5 Å². The lowest BCUT2D eigenvalue weighted by atomic mass is 10.2. The predicted molar refractivity (Wildman–Crippen MR) is 68.5 cm³/mol. The fraction of sp³-hybridized carbons (Fsp3) is 0.333. The molecule has 20 heavy (non-hydrogen) atoms. The number of furan rings is 1. The average molecular weight is 276 g/mol. The Labute approximate surface area is 112 Å². The first-order valence-electron chi connectivity index (χ1n) is 5.94. The molecule has 0 unspecified atom stereocenters. The van der Waals surface area contributed by atoms with E-state index in [2.05, 4.69) is 10.2 Å². The summed E-state index contributed by atoms with van der Waals surface area (Å²) in [5.41, 5.74) is 2.14. The number of carbonyl (C=O) groups is 1. The molecule has 0 aliphatic carbocycles. The average Bonchev–Trinajstić information content (AvgIpc) is 2.97. The molecule has 8 nitrogen and oxygen atoms in total. The fourth-order valence-corrected chi connectivity index (χ4v) is 2.14. The highest BCUT2D eigenvalue weighted by molar-refractivity contribution is 5.86. The first kappa shape index (κ1) is 12.4. The van der Waals surface area contributed by atoms with E-state index in [1.165, 1.54) is 6.92 Å². The van der Waals surface area contributed by atoms with Gasteiger partial charge in [-0.25, -0.2) is 4.79 Å². The Morgan fingerprint density at radius 3 is 2.45 bits per heavy atom. The van der Waals surface area contributed by atoms with E-state index in [0.717, 1.165) is 16.6 Å². The van der Waals surface area contributed by atoms with E-state index in [1.54, 1.807) is 4.68 Å². The highest BCUT2D eigenvalue weighted by Gasteiger charge is 2.23. The van der Waals surface area contributed by atoms with E-state index in [0.29, 0.717) is 16.2 Å².